The largest absolute Gasteiger partial charge is 0.322 e. The van der Waals surface area contributed by atoms with Gasteiger partial charge in [0.25, 0.3) is 11.6 Å². The van der Waals surface area contributed by atoms with Crippen LogP contribution in [-0.4, -0.2) is 22.5 Å². The fourth-order valence-corrected chi connectivity index (χ4v) is 4.58. The third-order valence-corrected chi connectivity index (χ3v) is 6.26. The zero-order valence-corrected chi connectivity index (χ0v) is 17.8. The lowest BCUT2D eigenvalue weighted by atomic mass is 10.1. The van der Waals surface area contributed by atoms with E-state index in [2.05, 4.69) is 5.32 Å². The number of benzene rings is 3. The highest BCUT2D eigenvalue weighted by Gasteiger charge is 2.34. The molecule has 1 saturated heterocycles. The van der Waals surface area contributed by atoms with Crippen molar-refractivity contribution < 1.29 is 18.9 Å². The van der Waals surface area contributed by atoms with Gasteiger partial charge in [0.15, 0.2) is 0 Å². The third-order valence-electron chi connectivity index (χ3n) is 5.05. The molecule has 1 aliphatic heterocycles. The minimum absolute atomic E-state index is 0.130. The third kappa shape index (κ3) is 4.33. The summed E-state index contributed by atoms with van der Waals surface area (Å²) in [7, 11) is 0. The molecule has 0 aromatic heterocycles. The molecule has 0 radical (unpaired) electrons. The smallest absolute Gasteiger partial charge is 0.270 e. The highest BCUT2D eigenvalue weighted by atomic mass is 32.2. The number of halogens is 1. The second kappa shape index (κ2) is 8.80. The van der Waals surface area contributed by atoms with E-state index >= 15 is 0 Å². The highest BCUT2D eigenvalue weighted by molar-refractivity contribution is 8.00. The van der Waals surface area contributed by atoms with E-state index in [0.717, 1.165) is 5.56 Å². The Morgan fingerprint density at radius 2 is 1.94 bits per heavy atom. The number of nitrogens with one attached hydrogen (secondary N) is 1. The first kappa shape index (κ1) is 21.5. The van der Waals surface area contributed by atoms with Gasteiger partial charge >= 0.3 is 0 Å². The van der Waals surface area contributed by atoms with Crippen LogP contribution in [0, 0.1) is 22.9 Å². The number of carbonyl (C=O) groups excluding carboxylic acids is 2. The number of amides is 2. The fraction of sp³-hybridized carbons (Fsp3) is 0.130. The summed E-state index contributed by atoms with van der Waals surface area (Å²) in [6.07, 6.45) is 0. The van der Waals surface area contributed by atoms with Gasteiger partial charge in [-0.3, -0.25) is 24.6 Å². The molecule has 7 nitrogen and oxygen atoms in total. The predicted molar refractivity (Wildman–Crippen MR) is 121 cm³/mol. The van der Waals surface area contributed by atoms with Gasteiger partial charge in [0.05, 0.1) is 10.7 Å². The molecule has 1 unspecified atom stereocenters. The molecule has 32 heavy (non-hydrogen) atoms. The summed E-state index contributed by atoms with van der Waals surface area (Å²) in [4.78, 5) is 37.1. The van der Waals surface area contributed by atoms with E-state index in [-0.39, 0.29) is 34.1 Å². The van der Waals surface area contributed by atoms with Crippen molar-refractivity contribution in [1.82, 2.24) is 0 Å². The summed E-state index contributed by atoms with van der Waals surface area (Å²) in [5.41, 5.74) is 2.20. The van der Waals surface area contributed by atoms with E-state index in [1.54, 1.807) is 42.2 Å². The van der Waals surface area contributed by atoms with Crippen molar-refractivity contribution in [3.8, 4) is 0 Å². The van der Waals surface area contributed by atoms with Crippen LogP contribution in [0.1, 0.15) is 26.9 Å². The van der Waals surface area contributed by atoms with Crippen molar-refractivity contribution in [2.24, 2.45) is 0 Å². The topological polar surface area (TPSA) is 92.6 Å². The molecule has 0 bridgehead atoms. The first-order valence-electron chi connectivity index (χ1n) is 9.69. The Labute approximate surface area is 187 Å². The molecule has 0 saturated carbocycles. The molecular weight excluding hydrogens is 433 g/mol. The van der Waals surface area contributed by atoms with Crippen molar-refractivity contribution >= 4 is 40.6 Å². The maximum atomic E-state index is 14.1. The molecule has 0 spiro atoms. The number of carbonyl (C=O) groups is 2. The lowest BCUT2D eigenvalue weighted by Crippen LogP contribution is -2.28. The lowest BCUT2D eigenvalue weighted by Gasteiger charge is -2.25. The monoisotopic (exact) mass is 451 g/mol. The normalized spacial score (nSPS) is 15.6. The zero-order valence-electron chi connectivity index (χ0n) is 16.9. The molecule has 1 aliphatic rings. The van der Waals surface area contributed by atoms with Crippen LogP contribution >= 0.6 is 11.8 Å². The van der Waals surface area contributed by atoms with Crippen molar-refractivity contribution in [2.75, 3.05) is 16.0 Å². The SMILES string of the molecule is Cc1ccc(N2C(=O)CSC2c2cccc(NC(=O)c3cccc([N+](=O)[O-])c3)c2)cc1F. The Morgan fingerprint density at radius 1 is 1.16 bits per heavy atom. The fourth-order valence-electron chi connectivity index (χ4n) is 3.42. The van der Waals surface area contributed by atoms with Crippen molar-refractivity contribution in [2.45, 2.75) is 12.3 Å². The van der Waals surface area contributed by atoms with Crippen molar-refractivity contribution in [1.29, 1.82) is 0 Å². The summed E-state index contributed by atoms with van der Waals surface area (Å²) in [6.45, 7) is 1.66. The van der Waals surface area contributed by atoms with Gasteiger partial charge in [0.2, 0.25) is 5.91 Å². The van der Waals surface area contributed by atoms with Gasteiger partial charge in [0.1, 0.15) is 11.2 Å². The molecule has 9 heteroatoms. The van der Waals surface area contributed by atoms with Crippen LogP contribution < -0.4 is 10.2 Å². The number of rotatable bonds is 5. The van der Waals surface area contributed by atoms with Crippen LogP contribution in [0.4, 0.5) is 21.5 Å². The molecule has 0 aliphatic carbocycles. The number of nitro groups is 1. The van der Waals surface area contributed by atoms with Crippen LogP contribution in [-0.2, 0) is 4.79 Å². The number of aryl methyl sites for hydroxylation is 1. The Balaban J connectivity index is 1.58. The second-order valence-electron chi connectivity index (χ2n) is 7.25. The van der Waals surface area contributed by atoms with E-state index in [4.69, 9.17) is 0 Å². The van der Waals surface area contributed by atoms with Gasteiger partial charge in [-0.05, 0) is 48.4 Å². The van der Waals surface area contributed by atoms with Crippen molar-refractivity contribution in [3.05, 3.63) is 99.4 Å². The lowest BCUT2D eigenvalue weighted by molar-refractivity contribution is -0.384. The van der Waals surface area contributed by atoms with E-state index in [0.29, 0.717) is 16.9 Å². The molecule has 3 aromatic carbocycles. The van der Waals surface area contributed by atoms with Gasteiger partial charge < -0.3 is 5.32 Å². The van der Waals surface area contributed by atoms with Crippen LogP contribution in [0.2, 0.25) is 0 Å². The Morgan fingerprint density at radius 3 is 2.69 bits per heavy atom. The summed E-state index contributed by atoms with van der Waals surface area (Å²) in [6, 6.07) is 17.2. The highest BCUT2D eigenvalue weighted by Crippen LogP contribution is 2.42. The Hall–Kier alpha value is -3.72. The quantitative estimate of drug-likeness (QED) is 0.432. The number of non-ortho nitro benzene ring substituents is 1. The molecule has 3 aromatic rings. The van der Waals surface area contributed by atoms with Crippen LogP contribution in [0.5, 0.6) is 0 Å². The minimum Gasteiger partial charge on any atom is -0.322 e. The van der Waals surface area contributed by atoms with Gasteiger partial charge in [-0.15, -0.1) is 11.8 Å². The minimum atomic E-state index is -0.561. The van der Waals surface area contributed by atoms with Crippen LogP contribution in [0.3, 0.4) is 0 Å². The van der Waals surface area contributed by atoms with Crippen molar-refractivity contribution in [3.63, 3.8) is 0 Å². The summed E-state index contributed by atoms with van der Waals surface area (Å²) in [5.74, 6) is -0.749. The molecule has 4 rings (SSSR count). The van der Waals surface area contributed by atoms with E-state index in [9.17, 15) is 24.1 Å². The molecule has 1 heterocycles. The standard InChI is InChI=1S/C23H18FN3O4S/c1-14-8-9-18(12-20(14)24)26-21(28)13-32-23(26)16-5-2-6-17(10-16)25-22(29)15-4-3-7-19(11-15)27(30)31/h2-12,23H,13H2,1H3,(H,25,29). The Bertz CT molecular complexity index is 1230. The molecule has 1 atom stereocenters. The summed E-state index contributed by atoms with van der Waals surface area (Å²) < 4.78 is 14.1. The van der Waals surface area contributed by atoms with Gasteiger partial charge in [-0.1, -0.05) is 24.3 Å². The average molecular weight is 451 g/mol. The first-order chi connectivity index (χ1) is 15.3. The number of anilines is 2. The number of nitrogens with zero attached hydrogens (tertiary/aromatic N) is 2. The zero-order chi connectivity index (χ0) is 22.8. The maximum Gasteiger partial charge on any atom is 0.270 e. The Kier molecular flexibility index (Phi) is 5.91. The number of thioether (sulfide) groups is 1. The maximum absolute atomic E-state index is 14.1. The predicted octanol–water partition coefficient (Wildman–Crippen LogP) is 5.07. The molecule has 1 N–H and O–H groups in total. The molecule has 162 valence electrons. The van der Waals surface area contributed by atoms with Crippen LogP contribution in [0.15, 0.2) is 66.7 Å². The number of hydrogen-bond donors (Lipinski definition) is 1. The van der Waals surface area contributed by atoms with Gasteiger partial charge in [0, 0.05) is 29.1 Å². The summed E-state index contributed by atoms with van der Waals surface area (Å²) in [5, 5.41) is 13.3. The molecular formula is C23H18FN3O4S. The number of nitro benzene ring substituents is 1. The van der Waals surface area contributed by atoms with E-state index in [1.165, 1.54) is 42.1 Å². The van der Waals surface area contributed by atoms with Crippen LogP contribution in [0.25, 0.3) is 0 Å². The van der Waals surface area contributed by atoms with Gasteiger partial charge in [-0.25, -0.2) is 4.39 Å². The summed E-state index contributed by atoms with van der Waals surface area (Å²) >= 11 is 1.41. The van der Waals surface area contributed by atoms with E-state index < -0.39 is 10.8 Å². The number of hydrogen-bond acceptors (Lipinski definition) is 5. The second-order valence-corrected chi connectivity index (χ2v) is 8.32. The molecule has 2 amide bonds. The first-order valence-corrected chi connectivity index (χ1v) is 10.7. The van der Waals surface area contributed by atoms with E-state index in [1.807, 2.05) is 6.07 Å². The average Bonchev–Trinajstić information content (AvgIpc) is 3.17. The van der Waals surface area contributed by atoms with Gasteiger partial charge in [-0.2, -0.15) is 0 Å². The molecule has 1 fully saturated rings.